The summed E-state index contributed by atoms with van der Waals surface area (Å²) in [6.45, 7) is 1.39. The lowest BCUT2D eigenvalue weighted by molar-refractivity contribution is -0.132. The van der Waals surface area contributed by atoms with E-state index in [-0.39, 0.29) is 11.5 Å². The van der Waals surface area contributed by atoms with E-state index in [0.29, 0.717) is 13.0 Å². The highest BCUT2D eigenvalue weighted by atomic mass is 16.4. The molecule has 4 nitrogen and oxygen atoms in total. The Morgan fingerprint density at radius 2 is 1.79 bits per heavy atom. The highest BCUT2D eigenvalue weighted by molar-refractivity contribution is 5.87. The fourth-order valence-corrected chi connectivity index (χ4v) is 2.36. The van der Waals surface area contributed by atoms with Crippen molar-refractivity contribution in [3.63, 3.8) is 0 Å². The molecule has 0 spiro atoms. The monoisotopic (exact) mass is 261 g/mol. The van der Waals surface area contributed by atoms with Crippen LogP contribution in [0.1, 0.15) is 48.0 Å². The van der Waals surface area contributed by atoms with Crippen LogP contribution in [-0.4, -0.2) is 28.4 Å². The number of carboxylic acids is 1. The summed E-state index contributed by atoms with van der Waals surface area (Å²) in [4.78, 5) is 24.6. The first kappa shape index (κ1) is 13.6. The molecule has 0 atom stereocenters. The van der Waals surface area contributed by atoms with Crippen LogP contribution in [0.25, 0.3) is 0 Å². The van der Waals surface area contributed by atoms with Gasteiger partial charge in [-0.3, -0.25) is 4.79 Å². The normalized spacial score (nSPS) is 16.8. The van der Waals surface area contributed by atoms with Crippen molar-refractivity contribution in [1.82, 2.24) is 4.90 Å². The lowest BCUT2D eigenvalue weighted by Gasteiger charge is -2.25. The van der Waals surface area contributed by atoms with Gasteiger partial charge in [0.25, 0.3) is 0 Å². The third kappa shape index (κ3) is 3.81. The number of likely N-dealkylation sites (tertiary alicyclic amines) is 1. The van der Waals surface area contributed by atoms with E-state index in [1.165, 1.54) is 6.42 Å². The number of carbonyl (C=O) groups is 2. The largest absolute Gasteiger partial charge is 0.478 e. The minimum Gasteiger partial charge on any atom is -0.478 e. The first-order chi connectivity index (χ1) is 9.16. The zero-order valence-electron chi connectivity index (χ0n) is 11.0. The summed E-state index contributed by atoms with van der Waals surface area (Å²) in [6, 6.07) is 6.75. The molecule has 102 valence electrons. The Kier molecular flexibility index (Phi) is 4.55. The second-order valence-corrected chi connectivity index (χ2v) is 4.98. The molecule has 2 rings (SSSR count). The summed E-state index contributed by atoms with van der Waals surface area (Å²) < 4.78 is 0. The predicted octanol–water partition coefficient (Wildman–Crippen LogP) is 2.68. The maximum Gasteiger partial charge on any atom is 0.335 e. The van der Waals surface area contributed by atoms with Crippen molar-refractivity contribution < 1.29 is 14.7 Å². The van der Waals surface area contributed by atoms with Crippen molar-refractivity contribution in [1.29, 1.82) is 0 Å². The van der Waals surface area contributed by atoms with Crippen LogP contribution in [0.3, 0.4) is 0 Å². The number of aromatic carboxylic acids is 1. The van der Waals surface area contributed by atoms with Gasteiger partial charge in [0.1, 0.15) is 0 Å². The van der Waals surface area contributed by atoms with Crippen LogP contribution in [0.4, 0.5) is 0 Å². The molecule has 0 aliphatic carbocycles. The van der Waals surface area contributed by atoms with Crippen molar-refractivity contribution in [3.8, 4) is 0 Å². The van der Waals surface area contributed by atoms with Gasteiger partial charge in [-0.1, -0.05) is 25.0 Å². The summed E-state index contributed by atoms with van der Waals surface area (Å²) in [5.74, 6) is -0.712. The number of carboxylic acid groups (broad SMARTS) is 1. The van der Waals surface area contributed by atoms with Gasteiger partial charge in [0.15, 0.2) is 0 Å². The van der Waals surface area contributed by atoms with Gasteiger partial charge < -0.3 is 10.0 Å². The number of amides is 1. The molecule has 0 unspecified atom stereocenters. The smallest absolute Gasteiger partial charge is 0.335 e. The molecule has 1 aliphatic heterocycles. The molecule has 0 radical (unpaired) electrons. The molecule has 1 N–H and O–H groups in total. The quantitative estimate of drug-likeness (QED) is 0.910. The molecule has 1 aromatic rings. The van der Waals surface area contributed by atoms with Crippen molar-refractivity contribution in [3.05, 3.63) is 35.4 Å². The third-order valence-electron chi connectivity index (χ3n) is 3.50. The Balaban J connectivity index is 2.01. The lowest BCUT2D eigenvalue weighted by Crippen LogP contribution is -2.32. The molecule has 4 heteroatoms. The zero-order valence-corrected chi connectivity index (χ0v) is 11.0. The number of nitrogens with zero attached hydrogens (tertiary/aromatic N) is 1. The van der Waals surface area contributed by atoms with E-state index in [4.69, 9.17) is 5.11 Å². The summed E-state index contributed by atoms with van der Waals surface area (Å²) >= 11 is 0. The molecule has 19 heavy (non-hydrogen) atoms. The highest BCUT2D eigenvalue weighted by Crippen LogP contribution is 2.15. The van der Waals surface area contributed by atoms with E-state index in [9.17, 15) is 9.59 Å². The average Bonchev–Trinajstić information content (AvgIpc) is 2.39. The molecule has 1 aliphatic rings. The van der Waals surface area contributed by atoms with Gasteiger partial charge in [0.05, 0.1) is 5.56 Å². The topological polar surface area (TPSA) is 57.6 Å². The van der Waals surface area contributed by atoms with Crippen molar-refractivity contribution in [2.24, 2.45) is 0 Å². The number of hydrogen-bond acceptors (Lipinski definition) is 2. The number of hydrogen-bond donors (Lipinski definition) is 1. The van der Waals surface area contributed by atoms with Gasteiger partial charge in [-0.2, -0.15) is 0 Å². The van der Waals surface area contributed by atoms with Crippen molar-refractivity contribution in [2.45, 2.75) is 38.6 Å². The molecule has 1 saturated heterocycles. The van der Waals surface area contributed by atoms with Crippen molar-refractivity contribution >= 4 is 11.9 Å². The van der Waals surface area contributed by atoms with Gasteiger partial charge in [-0.05, 0) is 30.5 Å². The SMILES string of the molecule is O=C(O)c1ccc(CN2CCCCCCC2=O)cc1. The van der Waals surface area contributed by atoms with Crippen LogP contribution in [-0.2, 0) is 11.3 Å². The molecule has 0 aromatic heterocycles. The van der Waals surface area contributed by atoms with Crippen LogP contribution in [0, 0.1) is 0 Å². The summed E-state index contributed by atoms with van der Waals surface area (Å²) in [5.41, 5.74) is 1.27. The number of rotatable bonds is 3. The Morgan fingerprint density at radius 1 is 1.11 bits per heavy atom. The maximum atomic E-state index is 12.0. The van der Waals surface area contributed by atoms with E-state index in [0.717, 1.165) is 31.4 Å². The van der Waals surface area contributed by atoms with Gasteiger partial charge in [0, 0.05) is 19.5 Å². The Bertz CT molecular complexity index is 453. The zero-order chi connectivity index (χ0) is 13.7. The van der Waals surface area contributed by atoms with Crippen molar-refractivity contribution in [2.75, 3.05) is 6.54 Å². The van der Waals surface area contributed by atoms with Gasteiger partial charge in [0.2, 0.25) is 5.91 Å². The van der Waals surface area contributed by atoms with Crippen LogP contribution >= 0.6 is 0 Å². The molecule has 1 amide bonds. The minimum absolute atomic E-state index is 0.210. The van der Waals surface area contributed by atoms with E-state index in [1.54, 1.807) is 24.3 Å². The molecule has 0 bridgehead atoms. The first-order valence-corrected chi connectivity index (χ1v) is 6.77. The lowest BCUT2D eigenvalue weighted by atomic mass is 10.1. The second-order valence-electron chi connectivity index (χ2n) is 4.98. The summed E-state index contributed by atoms with van der Waals surface area (Å²) in [7, 11) is 0. The fourth-order valence-electron chi connectivity index (χ4n) is 2.36. The minimum atomic E-state index is -0.922. The van der Waals surface area contributed by atoms with Crippen LogP contribution in [0.2, 0.25) is 0 Å². The fraction of sp³-hybridized carbons (Fsp3) is 0.467. The Morgan fingerprint density at radius 3 is 2.47 bits per heavy atom. The molecule has 1 heterocycles. The average molecular weight is 261 g/mol. The number of benzene rings is 1. The highest BCUT2D eigenvalue weighted by Gasteiger charge is 2.15. The standard InChI is InChI=1S/C15H19NO3/c17-14-5-3-1-2-4-10-16(14)11-12-6-8-13(9-7-12)15(18)19/h6-9H,1-5,10-11H2,(H,18,19). The molecular weight excluding hydrogens is 242 g/mol. The predicted molar refractivity (Wildman–Crippen MR) is 71.9 cm³/mol. The maximum absolute atomic E-state index is 12.0. The van der Waals surface area contributed by atoms with Gasteiger partial charge in [-0.25, -0.2) is 4.79 Å². The second kappa shape index (κ2) is 6.36. The van der Waals surface area contributed by atoms with Crippen LogP contribution < -0.4 is 0 Å². The Labute approximate surface area is 113 Å². The van der Waals surface area contributed by atoms with E-state index >= 15 is 0 Å². The van der Waals surface area contributed by atoms with Gasteiger partial charge >= 0.3 is 5.97 Å². The third-order valence-corrected chi connectivity index (χ3v) is 3.50. The van der Waals surface area contributed by atoms with Crippen LogP contribution in [0.15, 0.2) is 24.3 Å². The van der Waals surface area contributed by atoms with Gasteiger partial charge in [-0.15, -0.1) is 0 Å². The van der Waals surface area contributed by atoms with E-state index in [2.05, 4.69) is 0 Å². The molecule has 1 fully saturated rings. The van der Waals surface area contributed by atoms with E-state index in [1.807, 2.05) is 4.90 Å². The summed E-state index contributed by atoms with van der Waals surface area (Å²) in [5, 5.41) is 8.84. The van der Waals surface area contributed by atoms with E-state index < -0.39 is 5.97 Å². The summed E-state index contributed by atoms with van der Waals surface area (Å²) in [6.07, 6.45) is 4.99. The van der Waals surface area contributed by atoms with Crippen LogP contribution in [0.5, 0.6) is 0 Å². The molecule has 0 saturated carbocycles. The molecular formula is C15H19NO3. The molecule has 1 aromatic carbocycles. The Hall–Kier alpha value is -1.84. The first-order valence-electron chi connectivity index (χ1n) is 6.77. The number of carbonyl (C=O) groups excluding carboxylic acids is 1.